The smallest absolute Gasteiger partial charge is 0.266 e. The summed E-state index contributed by atoms with van der Waals surface area (Å²) in [7, 11) is 0. The van der Waals surface area contributed by atoms with Gasteiger partial charge in [-0.15, -0.1) is 0 Å². The zero-order valence-corrected chi connectivity index (χ0v) is 18.9. The third kappa shape index (κ3) is 6.19. The van der Waals surface area contributed by atoms with Crippen LogP contribution in [0.15, 0.2) is 76.8 Å². The average Bonchev–Trinajstić information content (AvgIpc) is 2.79. The lowest BCUT2D eigenvalue weighted by Crippen LogP contribution is -2.13. The van der Waals surface area contributed by atoms with E-state index >= 15 is 0 Å². The predicted octanol–water partition coefficient (Wildman–Crippen LogP) is 6.11. The minimum Gasteiger partial charge on any atom is -0.490 e. The number of nitriles is 1. The summed E-state index contributed by atoms with van der Waals surface area (Å²) in [6.07, 6.45) is 1.48. The molecule has 0 saturated heterocycles. The fourth-order valence-electron chi connectivity index (χ4n) is 2.85. The molecule has 1 N–H and O–H groups in total. The number of hydrogen-bond donors (Lipinski definition) is 1. The molecule has 0 aromatic heterocycles. The van der Waals surface area contributed by atoms with Gasteiger partial charge in [0.1, 0.15) is 24.1 Å². The monoisotopic (exact) mass is 494 g/mol. The highest BCUT2D eigenvalue weighted by Crippen LogP contribution is 2.38. The maximum absolute atomic E-state index is 13.1. The second-order valence-corrected chi connectivity index (χ2v) is 7.52. The van der Waals surface area contributed by atoms with Crippen molar-refractivity contribution in [3.05, 3.63) is 93.7 Å². The highest BCUT2D eigenvalue weighted by Gasteiger charge is 2.15. The van der Waals surface area contributed by atoms with Crippen molar-refractivity contribution < 1.29 is 18.7 Å². The second kappa shape index (κ2) is 11.1. The Morgan fingerprint density at radius 2 is 1.84 bits per heavy atom. The molecule has 3 aromatic carbocycles. The molecule has 0 radical (unpaired) electrons. The molecule has 0 fully saturated rings. The molecule has 0 bridgehead atoms. The summed E-state index contributed by atoms with van der Waals surface area (Å²) in [5.41, 5.74) is 1.94. The number of carbonyl (C=O) groups excluding carboxylic acids is 1. The molecule has 0 spiro atoms. The predicted molar refractivity (Wildman–Crippen MR) is 125 cm³/mol. The minimum atomic E-state index is -0.510. The lowest BCUT2D eigenvalue weighted by Gasteiger charge is -2.15. The van der Waals surface area contributed by atoms with Gasteiger partial charge in [0.25, 0.3) is 5.91 Å². The molecular weight excluding hydrogens is 475 g/mol. The van der Waals surface area contributed by atoms with Crippen molar-refractivity contribution in [2.45, 2.75) is 13.5 Å². The zero-order chi connectivity index (χ0) is 22.9. The van der Waals surface area contributed by atoms with E-state index in [-0.39, 0.29) is 18.0 Å². The Labute approximate surface area is 194 Å². The van der Waals surface area contributed by atoms with E-state index in [9.17, 15) is 14.4 Å². The molecule has 0 aliphatic heterocycles. The Kier molecular flexibility index (Phi) is 8.01. The van der Waals surface area contributed by atoms with E-state index < -0.39 is 5.91 Å². The Morgan fingerprint density at radius 3 is 2.50 bits per heavy atom. The topological polar surface area (TPSA) is 71.3 Å². The summed E-state index contributed by atoms with van der Waals surface area (Å²) in [4.78, 5) is 12.5. The fraction of sp³-hybridized carbons (Fsp3) is 0.120. The van der Waals surface area contributed by atoms with E-state index in [2.05, 4.69) is 21.2 Å². The number of para-hydroxylation sites is 1. The lowest BCUT2D eigenvalue weighted by molar-refractivity contribution is -0.112. The number of nitrogens with one attached hydrogen (secondary N) is 1. The van der Waals surface area contributed by atoms with Gasteiger partial charge >= 0.3 is 0 Å². The Hall–Kier alpha value is -3.63. The minimum absolute atomic E-state index is 0.0526. The van der Waals surface area contributed by atoms with Gasteiger partial charge in [0.15, 0.2) is 11.5 Å². The van der Waals surface area contributed by atoms with Gasteiger partial charge in [0.2, 0.25) is 0 Å². The van der Waals surface area contributed by atoms with Crippen LogP contribution in [0.2, 0.25) is 0 Å². The maximum atomic E-state index is 13.1. The van der Waals surface area contributed by atoms with Gasteiger partial charge in [0, 0.05) is 5.69 Å². The van der Waals surface area contributed by atoms with Crippen LogP contribution in [-0.2, 0) is 11.4 Å². The van der Waals surface area contributed by atoms with Crippen molar-refractivity contribution >= 4 is 33.6 Å². The first kappa shape index (κ1) is 23.0. The summed E-state index contributed by atoms with van der Waals surface area (Å²) in [5, 5.41) is 12.2. The Bertz CT molecular complexity index is 1160. The summed E-state index contributed by atoms with van der Waals surface area (Å²) in [6.45, 7) is 2.46. The van der Waals surface area contributed by atoms with Crippen molar-refractivity contribution in [1.29, 1.82) is 5.26 Å². The van der Waals surface area contributed by atoms with Gasteiger partial charge in [-0.25, -0.2) is 4.39 Å². The largest absolute Gasteiger partial charge is 0.490 e. The van der Waals surface area contributed by atoms with E-state index in [0.717, 1.165) is 5.56 Å². The van der Waals surface area contributed by atoms with Gasteiger partial charge in [-0.2, -0.15) is 5.26 Å². The van der Waals surface area contributed by atoms with Gasteiger partial charge < -0.3 is 14.8 Å². The molecule has 0 aliphatic carbocycles. The van der Waals surface area contributed by atoms with E-state index in [1.807, 2.05) is 19.1 Å². The molecule has 32 heavy (non-hydrogen) atoms. The highest BCUT2D eigenvalue weighted by atomic mass is 79.9. The quantitative estimate of drug-likeness (QED) is 0.302. The molecule has 0 saturated carbocycles. The number of ether oxygens (including phenoxy) is 2. The van der Waals surface area contributed by atoms with Crippen LogP contribution in [0.3, 0.4) is 0 Å². The Morgan fingerprint density at radius 1 is 1.12 bits per heavy atom. The van der Waals surface area contributed by atoms with Crippen molar-refractivity contribution in [3.8, 4) is 17.6 Å². The number of amides is 1. The molecule has 0 unspecified atom stereocenters. The fourth-order valence-corrected chi connectivity index (χ4v) is 3.42. The first-order valence-corrected chi connectivity index (χ1v) is 10.6. The number of benzene rings is 3. The highest BCUT2D eigenvalue weighted by molar-refractivity contribution is 9.10. The molecule has 3 aromatic rings. The van der Waals surface area contributed by atoms with Gasteiger partial charge in [-0.05, 0) is 76.5 Å². The van der Waals surface area contributed by atoms with Crippen LogP contribution in [-0.4, -0.2) is 12.5 Å². The summed E-state index contributed by atoms with van der Waals surface area (Å²) in [6, 6.07) is 20.3. The number of nitrogens with zero attached hydrogens (tertiary/aromatic N) is 1. The molecule has 0 atom stereocenters. The van der Waals surface area contributed by atoms with E-state index in [1.165, 1.54) is 18.2 Å². The molecule has 7 heteroatoms. The van der Waals surface area contributed by atoms with Crippen LogP contribution in [0, 0.1) is 17.1 Å². The van der Waals surface area contributed by atoms with Crippen LogP contribution < -0.4 is 14.8 Å². The normalized spacial score (nSPS) is 10.9. The third-order valence-electron chi connectivity index (χ3n) is 4.34. The molecule has 0 heterocycles. The molecule has 5 nitrogen and oxygen atoms in total. The summed E-state index contributed by atoms with van der Waals surface area (Å²) < 4.78 is 25.3. The van der Waals surface area contributed by atoms with E-state index in [0.29, 0.717) is 33.8 Å². The van der Waals surface area contributed by atoms with Crippen molar-refractivity contribution in [2.24, 2.45) is 0 Å². The van der Waals surface area contributed by atoms with Crippen LogP contribution in [0.4, 0.5) is 10.1 Å². The number of anilines is 1. The van der Waals surface area contributed by atoms with Crippen molar-refractivity contribution in [1.82, 2.24) is 0 Å². The van der Waals surface area contributed by atoms with Crippen molar-refractivity contribution in [2.75, 3.05) is 11.9 Å². The average molecular weight is 495 g/mol. The van der Waals surface area contributed by atoms with Crippen LogP contribution in [0.5, 0.6) is 11.5 Å². The molecule has 1 amide bonds. The SMILES string of the molecule is CCOc1cc(/C=C(/C#N)C(=O)Nc2ccccc2)cc(Br)c1OCc1ccc(F)cc1. The standard InChI is InChI=1S/C25H20BrFN2O3/c1-2-31-23-14-18(12-19(15-28)25(30)29-21-6-4-3-5-7-21)13-22(26)24(23)32-16-17-8-10-20(27)11-9-17/h3-14H,2,16H2,1H3,(H,29,30)/b19-12-. The van der Waals surface area contributed by atoms with Crippen LogP contribution in [0.25, 0.3) is 6.08 Å². The molecule has 162 valence electrons. The second-order valence-electron chi connectivity index (χ2n) is 6.67. The molecular formula is C25H20BrFN2O3. The number of carbonyl (C=O) groups is 1. The molecule has 0 aliphatic rings. The summed E-state index contributed by atoms with van der Waals surface area (Å²) >= 11 is 3.48. The van der Waals surface area contributed by atoms with Crippen molar-refractivity contribution in [3.63, 3.8) is 0 Å². The number of halogens is 2. The lowest BCUT2D eigenvalue weighted by atomic mass is 10.1. The van der Waals surface area contributed by atoms with E-state index in [1.54, 1.807) is 48.5 Å². The number of rotatable bonds is 8. The van der Waals surface area contributed by atoms with E-state index in [4.69, 9.17) is 9.47 Å². The van der Waals surface area contributed by atoms with Gasteiger partial charge in [-0.1, -0.05) is 30.3 Å². The zero-order valence-electron chi connectivity index (χ0n) is 17.3. The molecule has 3 rings (SSSR count). The first-order chi connectivity index (χ1) is 15.5. The first-order valence-electron chi connectivity index (χ1n) is 9.82. The third-order valence-corrected chi connectivity index (χ3v) is 4.92. The Balaban J connectivity index is 1.84. The van der Waals surface area contributed by atoms with Crippen LogP contribution in [0.1, 0.15) is 18.1 Å². The maximum Gasteiger partial charge on any atom is 0.266 e. The van der Waals surface area contributed by atoms with Gasteiger partial charge in [-0.3, -0.25) is 4.79 Å². The summed E-state index contributed by atoms with van der Waals surface area (Å²) in [5.74, 6) is 0.103. The number of hydrogen-bond acceptors (Lipinski definition) is 4. The van der Waals surface area contributed by atoms with Gasteiger partial charge in [0.05, 0.1) is 11.1 Å². The van der Waals surface area contributed by atoms with Crippen LogP contribution >= 0.6 is 15.9 Å².